The smallest absolute Gasteiger partial charge is 0.115 e. The molecule has 1 aliphatic carbocycles. The van der Waals surface area contributed by atoms with E-state index in [1.807, 2.05) is 19.1 Å². The van der Waals surface area contributed by atoms with E-state index in [1.165, 1.54) is 18.4 Å². The van der Waals surface area contributed by atoms with Crippen LogP contribution in [-0.4, -0.2) is 5.11 Å². The number of hydrogen-bond acceptors (Lipinski definition) is 1. The second-order valence-electron chi connectivity index (χ2n) is 5.30. The van der Waals surface area contributed by atoms with Gasteiger partial charge in [-0.2, -0.15) is 0 Å². The molecule has 17 heavy (non-hydrogen) atoms. The van der Waals surface area contributed by atoms with Crippen LogP contribution in [0.25, 0.3) is 0 Å². The van der Waals surface area contributed by atoms with Gasteiger partial charge in [0, 0.05) is 11.0 Å². The quantitative estimate of drug-likeness (QED) is 0.665. The van der Waals surface area contributed by atoms with E-state index < -0.39 is 0 Å². The molecular formula is C16H26O. The first-order valence-corrected chi connectivity index (χ1v) is 6.75. The third-order valence-electron chi connectivity index (χ3n) is 4.40. The van der Waals surface area contributed by atoms with Gasteiger partial charge in [-0.3, -0.25) is 0 Å². The number of hydrogen-bond donors (Lipinski definition) is 1. The average molecular weight is 234 g/mol. The van der Waals surface area contributed by atoms with Crippen molar-refractivity contribution in [3.05, 3.63) is 35.6 Å². The van der Waals surface area contributed by atoms with Gasteiger partial charge >= 0.3 is 0 Å². The van der Waals surface area contributed by atoms with Gasteiger partial charge < -0.3 is 5.11 Å². The van der Waals surface area contributed by atoms with Crippen molar-refractivity contribution >= 4 is 0 Å². The summed E-state index contributed by atoms with van der Waals surface area (Å²) in [6.45, 7) is 12.6. The van der Waals surface area contributed by atoms with Crippen molar-refractivity contribution in [2.24, 2.45) is 11.3 Å². The maximum Gasteiger partial charge on any atom is 0.115 e. The molecule has 1 rings (SSSR count). The van der Waals surface area contributed by atoms with Gasteiger partial charge in [0.2, 0.25) is 0 Å². The van der Waals surface area contributed by atoms with Crippen molar-refractivity contribution < 1.29 is 5.11 Å². The zero-order valence-electron chi connectivity index (χ0n) is 11.7. The minimum Gasteiger partial charge on any atom is -0.508 e. The molecule has 0 saturated heterocycles. The molecule has 0 heterocycles. The van der Waals surface area contributed by atoms with E-state index in [0.717, 1.165) is 18.4 Å². The van der Waals surface area contributed by atoms with Crippen LogP contribution >= 0.6 is 0 Å². The number of aliphatic hydroxyl groups excluding tert-OH is 1. The van der Waals surface area contributed by atoms with Crippen LogP contribution in [0.4, 0.5) is 0 Å². The zero-order chi connectivity index (χ0) is 13.1. The Kier molecular flexibility index (Phi) is 4.62. The zero-order valence-corrected chi connectivity index (χ0v) is 11.7. The van der Waals surface area contributed by atoms with Crippen molar-refractivity contribution in [1.29, 1.82) is 0 Å². The summed E-state index contributed by atoms with van der Waals surface area (Å²) in [7, 11) is 0. The standard InChI is InChI=1S/C16H26O/c1-6-13-10-9-11-16(8-3,12(4)5)15(13)14(17)7-2/h6-7,12,17H,1,8-11H2,2-5H3/b14-7+. The van der Waals surface area contributed by atoms with Gasteiger partial charge in [0.25, 0.3) is 0 Å². The first kappa shape index (κ1) is 14.1. The highest BCUT2D eigenvalue weighted by Gasteiger charge is 2.40. The van der Waals surface area contributed by atoms with Gasteiger partial charge in [-0.15, -0.1) is 0 Å². The highest BCUT2D eigenvalue weighted by molar-refractivity contribution is 5.42. The molecule has 1 N–H and O–H groups in total. The Morgan fingerprint density at radius 2 is 2.18 bits per heavy atom. The van der Waals surface area contributed by atoms with E-state index >= 15 is 0 Å². The van der Waals surface area contributed by atoms with E-state index in [0.29, 0.717) is 11.7 Å². The number of aliphatic hydroxyl groups is 1. The van der Waals surface area contributed by atoms with Crippen LogP contribution in [0.5, 0.6) is 0 Å². The Balaban J connectivity index is 3.43. The lowest BCUT2D eigenvalue weighted by atomic mass is 9.61. The van der Waals surface area contributed by atoms with Crippen LogP contribution < -0.4 is 0 Å². The normalized spacial score (nSPS) is 26.5. The van der Waals surface area contributed by atoms with Crippen LogP contribution in [0.3, 0.4) is 0 Å². The van der Waals surface area contributed by atoms with Crippen molar-refractivity contribution in [1.82, 2.24) is 0 Å². The lowest BCUT2D eigenvalue weighted by molar-refractivity contribution is 0.186. The summed E-state index contributed by atoms with van der Waals surface area (Å²) in [4.78, 5) is 0. The van der Waals surface area contributed by atoms with Gasteiger partial charge in [0.15, 0.2) is 0 Å². The molecule has 1 unspecified atom stereocenters. The fourth-order valence-corrected chi connectivity index (χ4v) is 3.27. The average Bonchev–Trinajstić information content (AvgIpc) is 2.36. The first-order chi connectivity index (χ1) is 8.03. The molecule has 0 aromatic carbocycles. The summed E-state index contributed by atoms with van der Waals surface area (Å²) >= 11 is 0. The van der Waals surface area contributed by atoms with Gasteiger partial charge in [-0.05, 0) is 50.2 Å². The Morgan fingerprint density at radius 1 is 1.53 bits per heavy atom. The Morgan fingerprint density at radius 3 is 2.59 bits per heavy atom. The van der Waals surface area contributed by atoms with Gasteiger partial charge in [0.1, 0.15) is 5.76 Å². The van der Waals surface area contributed by atoms with Gasteiger partial charge in [-0.25, -0.2) is 0 Å². The fourth-order valence-electron chi connectivity index (χ4n) is 3.27. The Bertz CT molecular complexity index is 347. The molecule has 0 radical (unpaired) electrons. The molecule has 0 aliphatic heterocycles. The summed E-state index contributed by atoms with van der Waals surface area (Å²) in [6, 6.07) is 0. The first-order valence-electron chi connectivity index (χ1n) is 6.75. The second-order valence-corrected chi connectivity index (χ2v) is 5.30. The summed E-state index contributed by atoms with van der Waals surface area (Å²) in [6.07, 6.45) is 8.25. The number of rotatable bonds is 4. The molecule has 0 aromatic rings. The van der Waals surface area contributed by atoms with E-state index in [2.05, 4.69) is 27.4 Å². The third kappa shape index (κ3) is 2.34. The Hall–Kier alpha value is -0.980. The summed E-state index contributed by atoms with van der Waals surface area (Å²) in [5.41, 5.74) is 2.51. The molecule has 0 spiro atoms. The lowest BCUT2D eigenvalue weighted by Gasteiger charge is -2.43. The van der Waals surface area contributed by atoms with Gasteiger partial charge in [0.05, 0.1) is 0 Å². The molecule has 0 saturated carbocycles. The molecule has 1 heteroatoms. The summed E-state index contributed by atoms with van der Waals surface area (Å²) in [5.74, 6) is 0.995. The molecule has 96 valence electrons. The molecule has 0 amide bonds. The topological polar surface area (TPSA) is 20.2 Å². The van der Waals surface area contributed by atoms with Crippen LogP contribution in [0, 0.1) is 11.3 Å². The third-order valence-corrected chi connectivity index (χ3v) is 4.40. The Labute approximate surface area is 106 Å². The van der Waals surface area contributed by atoms with E-state index in [1.54, 1.807) is 0 Å². The maximum atomic E-state index is 10.3. The van der Waals surface area contributed by atoms with Crippen molar-refractivity contribution in [2.45, 2.75) is 53.4 Å². The highest BCUT2D eigenvalue weighted by Crippen LogP contribution is 2.51. The van der Waals surface area contributed by atoms with Crippen LogP contribution in [-0.2, 0) is 0 Å². The maximum absolute atomic E-state index is 10.3. The lowest BCUT2D eigenvalue weighted by Crippen LogP contribution is -2.33. The fraction of sp³-hybridized carbons (Fsp3) is 0.625. The molecule has 1 atom stereocenters. The van der Waals surface area contributed by atoms with Crippen molar-refractivity contribution in [2.75, 3.05) is 0 Å². The predicted molar refractivity (Wildman–Crippen MR) is 75.0 cm³/mol. The molecule has 0 aromatic heterocycles. The number of allylic oxidation sites excluding steroid dienone is 4. The molecular weight excluding hydrogens is 208 g/mol. The minimum absolute atomic E-state index is 0.123. The van der Waals surface area contributed by atoms with Gasteiger partial charge in [-0.1, -0.05) is 33.4 Å². The second kappa shape index (κ2) is 5.57. The largest absolute Gasteiger partial charge is 0.508 e. The molecule has 0 bridgehead atoms. The summed E-state index contributed by atoms with van der Waals surface area (Å²) in [5, 5.41) is 10.3. The molecule has 0 fully saturated rings. The van der Waals surface area contributed by atoms with Crippen molar-refractivity contribution in [3.63, 3.8) is 0 Å². The molecule has 1 nitrogen and oxygen atoms in total. The van der Waals surface area contributed by atoms with Crippen LogP contribution in [0.1, 0.15) is 53.4 Å². The SMILES string of the molecule is C=CC1=C(/C(O)=C\C)C(CC)(C(C)C)CCC1. The van der Waals surface area contributed by atoms with Crippen molar-refractivity contribution in [3.8, 4) is 0 Å². The van der Waals surface area contributed by atoms with Crippen LogP contribution in [0.2, 0.25) is 0 Å². The minimum atomic E-state index is 0.123. The van der Waals surface area contributed by atoms with E-state index in [-0.39, 0.29) is 5.41 Å². The van der Waals surface area contributed by atoms with E-state index in [9.17, 15) is 5.11 Å². The van der Waals surface area contributed by atoms with E-state index in [4.69, 9.17) is 0 Å². The highest BCUT2D eigenvalue weighted by atomic mass is 16.3. The predicted octanol–water partition coefficient (Wildman–Crippen LogP) is 5.17. The summed E-state index contributed by atoms with van der Waals surface area (Å²) < 4.78 is 0. The van der Waals surface area contributed by atoms with Crippen LogP contribution in [0.15, 0.2) is 35.6 Å². The monoisotopic (exact) mass is 234 g/mol. The molecule has 1 aliphatic rings.